The third-order valence-electron chi connectivity index (χ3n) is 2.72. The Kier molecular flexibility index (Phi) is 5.62. The Hall–Kier alpha value is -1.12. The maximum absolute atomic E-state index is 4.13. The molecule has 0 saturated carbocycles. The van der Waals surface area contributed by atoms with Crippen LogP contribution in [0.3, 0.4) is 0 Å². The zero-order chi connectivity index (χ0) is 13.5. The van der Waals surface area contributed by atoms with Gasteiger partial charge in [-0.3, -0.25) is 0 Å². The van der Waals surface area contributed by atoms with Gasteiger partial charge in [0, 0.05) is 20.8 Å². The Morgan fingerprint density at radius 3 is 2.00 bits per heavy atom. The van der Waals surface area contributed by atoms with E-state index in [0.29, 0.717) is 5.25 Å². The molecule has 98 valence electrons. The molecular formula is C17H18S2. The number of hydrogen-bond donors (Lipinski definition) is 0. The molecule has 0 aromatic heterocycles. The molecule has 0 fully saturated rings. The Morgan fingerprint density at radius 1 is 0.947 bits per heavy atom. The van der Waals surface area contributed by atoms with Crippen LogP contribution < -0.4 is 0 Å². The minimum atomic E-state index is 0.451. The fraction of sp³-hybridized carbons (Fsp3) is 0.176. The van der Waals surface area contributed by atoms with Gasteiger partial charge in [-0.2, -0.15) is 0 Å². The second-order valence-corrected chi connectivity index (χ2v) is 6.76. The van der Waals surface area contributed by atoms with Gasteiger partial charge in [-0.15, -0.1) is 23.5 Å². The molecular weight excluding hydrogens is 268 g/mol. The summed E-state index contributed by atoms with van der Waals surface area (Å²) in [5, 5.41) is 0.451. The lowest BCUT2D eigenvalue weighted by molar-refractivity contribution is 1.14. The van der Waals surface area contributed by atoms with Crippen LogP contribution in [0.25, 0.3) is 0 Å². The van der Waals surface area contributed by atoms with E-state index in [-0.39, 0.29) is 0 Å². The van der Waals surface area contributed by atoms with Crippen molar-refractivity contribution >= 4 is 23.5 Å². The number of benzene rings is 2. The van der Waals surface area contributed by atoms with Crippen molar-refractivity contribution in [2.45, 2.75) is 22.0 Å². The molecule has 0 nitrogen and oxygen atoms in total. The smallest absolute Gasteiger partial charge is 0.0392 e. The molecule has 2 aromatic rings. The SMILES string of the molecule is C=C(C)C(CSc1ccccc1)Sc1ccccc1. The van der Waals surface area contributed by atoms with Crippen LogP contribution in [0.4, 0.5) is 0 Å². The maximum atomic E-state index is 4.13. The van der Waals surface area contributed by atoms with E-state index in [2.05, 4.69) is 74.2 Å². The first kappa shape index (κ1) is 14.3. The molecule has 0 aliphatic carbocycles. The van der Waals surface area contributed by atoms with E-state index in [1.165, 1.54) is 15.4 Å². The van der Waals surface area contributed by atoms with Crippen LogP contribution in [0.1, 0.15) is 6.92 Å². The van der Waals surface area contributed by atoms with E-state index in [1.54, 1.807) is 0 Å². The summed E-state index contributed by atoms with van der Waals surface area (Å²) in [5.41, 5.74) is 1.23. The molecule has 1 atom stereocenters. The fourth-order valence-corrected chi connectivity index (χ4v) is 3.93. The average Bonchev–Trinajstić information content (AvgIpc) is 2.45. The van der Waals surface area contributed by atoms with Crippen molar-refractivity contribution in [2.75, 3.05) is 5.75 Å². The van der Waals surface area contributed by atoms with E-state index >= 15 is 0 Å². The number of rotatable bonds is 6. The molecule has 0 amide bonds. The topological polar surface area (TPSA) is 0 Å². The van der Waals surface area contributed by atoms with Crippen molar-refractivity contribution in [3.63, 3.8) is 0 Å². The normalized spacial score (nSPS) is 12.1. The standard InChI is InChI=1S/C17H18S2/c1-14(2)17(19-16-11-7-4-8-12-16)13-18-15-9-5-3-6-10-15/h3-12,17H,1,13H2,2H3. The highest BCUT2D eigenvalue weighted by molar-refractivity contribution is 8.03. The Labute approximate surface area is 124 Å². The first-order valence-corrected chi connectivity index (χ1v) is 8.17. The number of thioether (sulfide) groups is 2. The minimum absolute atomic E-state index is 0.451. The van der Waals surface area contributed by atoms with E-state index in [4.69, 9.17) is 0 Å². The van der Waals surface area contributed by atoms with Crippen LogP contribution >= 0.6 is 23.5 Å². The highest BCUT2D eigenvalue weighted by atomic mass is 32.2. The lowest BCUT2D eigenvalue weighted by Crippen LogP contribution is -2.06. The molecule has 2 rings (SSSR count). The lowest BCUT2D eigenvalue weighted by Gasteiger charge is -2.16. The molecule has 2 heteroatoms. The molecule has 0 spiro atoms. The lowest BCUT2D eigenvalue weighted by atomic mass is 10.3. The van der Waals surface area contributed by atoms with E-state index in [1.807, 2.05) is 23.5 Å². The summed E-state index contributed by atoms with van der Waals surface area (Å²) in [5.74, 6) is 1.05. The molecule has 0 saturated heterocycles. The van der Waals surface area contributed by atoms with Crippen molar-refractivity contribution in [2.24, 2.45) is 0 Å². The average molecular weight is 286 g/mol. The molecule has 1 unspecified atom stereocenters. The zero-order valence-electron chi connectivity index (χ0n) is 11.1. The van der Waals surface area contributed by atoms with Gasteiger partial charge in [-0.25, -0.2) is 0 Å². The van der Waals surface area contributed by atoms with Crippen molar-refractivity contribution in [1.29, 1.82) is 0 Å². The van der Waals surface area contributed by atoms with E-state index < -0.39 is 0 Å². The summed E-state index contributed by atoms with van der Waals surface area (Å²) in [6.07, 6.45) is 0. The summed E-state index contributed by atoms with van der Waals surface area (Å²) in [4.78, 5) is 2.63. The van der Waals surface area contributed by atoms with Crippen LogP contribution in [0.2, 0.25) is 0 Å². The Morgan fingerprint density at radius 2 is 1.47 bits per heavy atom. The highest BCUT2D eigenvalue weighted by Crippen LogP contribution is 2.31. The largest absolute Gasteiger partial charge is 0.125 e. The van der Waals surface area contributed by atoms with Crippen LogP contribution in [0, 0.1) is 0 Å². The Bertz CT molecular complexity index is 505. The molecule has 0 radical (unpaired) electrons. The molecule has 0 bridgehead atoms. The van der Waals surface area contributed by atoms with Crippen LogP contribution in [0.5, 0.6) is 0 Å². The van der Waals surface area contributed by atoms with Crippen LogP contribution in [-0.4, -0.2) is 11.0 Å². The Balaban J connectivity index is 1.95. The van der Waals surface area contributed by atoms with Crippen molar-refractivity contribution < 1.29 is 0 Å². The summed E-state index contributed by atoms with van der Waals surface area (Å²) >= 11 is 3.79. The quantitative estimate of drug-likeness (QED) is 0.507. The zero-order valence-corrected chi connectivity index (χ0v) is 12.7. The summed E-state index contributed by atoms with van der Waals surface area (Å²) < 4.78 is 0. The van der Waals surface area contributed by atoms with Crippen molar-refractivity contribution in [3.05, 3.63) is 72.8 Å². The summed E-state index contributed by atoms with van der Waals surface area (Å²) in [6.45, 7) is 6.25. The third kappa shape index (κ3) is 4.81. The van der Waals surface area contributed by atoms with Gasteiger partial charge in [0.25, 0.3) is 0 Å². The predicted octanol–water partition coefficient (Wildman–Crippen LogP) is 5.52. The maximum Gasteiger partial charge on any atom is 0.0392 e. The summed E-state index contributed by atoms with van der Waals surface area (Å²) in [7, 11) is 0. The van der Waals surface area contributed by atoms with Gasteiger partial charge >= 0.3 is 0 Å². The molecule has 0 N–H and O–H groups in total. The molecule has 0 aliphatic rings. The van der Waals surface area contributed by atoms with E-state index in [0.717, 1.165) is 5.75 Å². The number of hydrogen-bond acceptors (Lipinski definition) is 2. The third-order valence-corrected chi connectivity index (χ3v) is 5.43. The fourth-order valence-electron chi connectivity index (χ4n) is 1.63. The van der Waals surface area contributed by atoms with Gasteiger partial charge in [0.1, 0.15) is 0 Å². The second kappa shape index (κ2) is 7.46. The first-order valence-electron chi connectivity index (χ1n) is 6.30. The first-order chi connectivity index (χ1) is 9.25. The van der Waals surface area contributed by atoms with Crippen LogP contribution in [-0.2, 0) is 0 Å². The molecule has 0 aliphatic heterocycles. The van der Waals surface area contributed by atoms with Crippen LogP contribution in [0.15, 0.2) is 82.6 Å². The monoisotopic (exact) mass is 286 g/mol. The van der Waals surface area contributed by atoms with Gasteiger partial charge in [-0.05, 0) is 31.2 Å². The predicted molar refractivity (Wildman–Crippen MR) is 88.1 cm³/mol. The molecule has 2 aromatic carbocycles. The highest BCUT2D eigenvalue weighted by Gasteiger charge is 2.11. The van der Waals surface area contributed by atoms with Gasteiger partial charge in [-0.1, -0.05) is 48.6 Å². The van der Waals surface area contributed by atoms with Gasteiger partial charge in [0.2, 0.25) is 0 Å². The van der Waals surface area contributed by atoms with Gasteiger partial charge in [0.15, 0.2) is 0 Å². The van der Waals surface area contributed by atoms with Gasteiger partial charge < -0.3 is 0 Å². The molecule has 19 heavy (non-hydrogen) atoms. The second-order valence-electron chi connectivity index (χ2n) is 4.39. The van der Waals surface area contributed by atoms with Gasteiger partial charge in [0.05, 0.1) is 0 Å². The van der Waals surface area contributed by atoms with E-state index in [9.17, 15) is 0 Å². The van der Waals surface area contributed by atoms with Crippen molar-refractivity contribution in [3.8, 4) is 0 Å². The molecule has 0 heterocycles. The minimum Gasteiger partial charge on any atom is -0.125 e. The summed E-state index contributed by atoms with van der Waals surface area (Å²) in [6, 6.07) is 21.1. The van der Waals surface area contributed by atoms with Crippen molar-refractivity contribution in [1.82, 2.24) is 0 Å².